The van der Waals surface area contributed by atoms with E-state index in [1.807, 2.05) is 31.2 Å². The van der Waals surface area contributed by atoms with Gasteiger partial charge in [0.2, 0.25) is 0 Å². The molecule has 0 saturated heterocycles. The third-order valence-electron chi connectivity index (χ3n) is 4.90. The van der Waals surface area contributed by atoms with Crippen LogP contribution in [0, 0.1) is 12.3 Å². The molecule has 0 spiro atoms. The number of nitrogens with two attached hydrogens (primary N) is 1. The zero-order valence-electron chi connectivity index (χ0n) is 13.0. The average molecular weight is 331 g/mol. The van der Waals surface area contributed by atoms with Crippen LogP contribution in [0.25, 0.3) is 0 Å². The van der Waals surface area contributed by atoms with Crippen LogP contribution in [0.15, 0.2) is 59.5 Å². The molecule has 122 valence electrons. The molecule has 2 aromatic rings. The van der Waals surface area contributed by atoms with Gasteiger partial charge in [-0.05, 0) is 24.6 Å². The smallest absolute Gasteiger partial charge is 0.182 e. The lowest BCUT2D eigenvalue weighted by Crippen LogP contribution is -2.27. The minimum atomic E-state index is -3.55. The van der Waals surface area contributed by atoms with Gasteiger partial charge < -0.3 is 10.8 Å². The predicted molar refractivity (Wildman–Crippen MR) is 89.9 cm³/mol. The standard InChI is InChI=1S/C18H21NO3S/c1-13-7-9-14(10-8-13)16-17(18(16,11-19)12-20)23(21,22)15-5-3-2-4-6-15/h2-10,16-17,20H,11-12,19H2,1H3/t16-,17+,18-/m0/s1. The normalized spacial score (nSPS) is 26.9. The van der Waals surface area contributed by atoms with Gasteiger partial charge in [-0.3, -0.25) is 0 Å². The number of hydrogen-bond acceptors (Lipinski definition) is 4. The van der Waals surface area contributed by atoms with Gasteiger partial charge in [0.15, 0.2) is 9.84 Å². The molecule has 1 aliphatic carbocycles. The van der Waals surface area contributed by atoms with Crippen LogP contribution in [-0.2, 0) is 9.84 Å². The van der Waals surface area contributed by atoms with Crippen LogP contribution < -0.4 is 5.73 Å². The van der Waals surface area contributed by atoms with Crippen molar-refractivity contribution in [2.45, 2.75) is 23.0 Å². The van der Waals surface area contributed by atoms with Crippen LogP contribution in [-0.4, -0.2) is 31.9 Å². The minimum Gasteiger partial charge on any atom is -0.396 e. The summed E-state index contributed by atoms with van der Waals surface area (Å²) in [5.74, 6) is -0.275. The van der Waals surface area contributed by atoms with E-state index in [4.69, 9.17) is 5.73 Å². The molecule has 0 radical (unpaired) electrons. The summed E-state index contributed by atoms with van der Waals surface area (Å²) in [6, 6.07) is 16.2. The maximum absolute atomic E-state index is 13.0. The van der Waals surface area contributed by atoms with Gasteiger partial charge in [-0.2, -0.15) is 0 Å². The molecule has 0 bridgehead atoms. The average Bonchev–Trinajstić information content (AvgIpc) is 3.27. The molecule has 4 nitrogen and oxygen atoms in total. The van der Waals surface area contributed by atoms with Crippen molar-refractivity contribution in [1.29, 1.82) is 0 Å². The van der Waals surface area contributed by atoms with Crippen molar-refractivity contribution in [1.82, 2.24) is 0 Å². The summed E-state index contributed by atoms with van der Waals surface area (Å²) in [5, 5.41) is 9.19. The summed E-state index contributed by atoms with van der Waals surface area (Å²) in [4.78, 5) is 0.283. The molecular weight excluding hydrogens is 310 g/mol. The molecule has 3 atom stereocenters. The first-order valence-electron chi connectivity index (χ1n) is 7.64. The molecule has 0 amide bonds. The summed E-state index contributed by atoms with van der Waals surface area (Å²) in [6.07, 6.45) is 0. The largest absolute Gasteiger partial charge is 0.396 e. The number of aliphatic hydroxyl groups excluding tert-OH is 1. The number of benzene rings is 2. The van der Waals surface area contributed by atoms with Gasteiger partial charge in [0.1, 0.15) is 0 Å². The zero-order valence-corrected chi connectivity index (χ0v) is 13.8. The molecule has 1 saturated carbocycles. The van der Waals surface area contributed by atoms with Crippen molar-refractivity contribution in [2.75, 3.05) is 13.2 Å². The van der Waals surface area contributed by atoms with E-state index >= 15 is 0 Å². The van der Waals surface area contributed by atoms with Gasteiger partial charge in [0, 0.05) is 17.9 Å². The summed E-state index contributed by atoms with van der Waals surface area (Å²) in [5.41, 5.74) is 7.10. The molecule has 23 heavy (non-hydrogen) atoms. The van der Waals surface area contributed by atoms with E-state index < -0.39 is 20.5 Å². The van der Waals surface area contributed by atoms with Gasteiger partial charge >= 0.3 is 0 Å². The van der Waals surface area contributed by atoms with Gasteiger partial charge in [-0.15, -0.1) is 0 Å². The summed E-state index contributed by atoms with van der Waals surface area (Å²) >= 11 is 0. The minimum absolute atomic E-state index is 0.138. The van der Waals surface area contributed by atoms with Crippen LogP contribution in [0.5, 0.6) is 0 Å². The summed E-state index contributed by atoms with van der Waals surface area (Å²) in [7, 11) is -3.55. The molecular formula is C18H21NO3S. The fourth-order valence-corrected chi connectivity index (χ4v) is 5.95. The molecule has 0 heterocycles. The first-order valence-corrected chi connectivity index (χ1v) is 9.18. The SMILES string of the molecule is Cc1ccc([C@H]2[C@@H](S(=O)(=O)c3ccccc3)[C@@]2(CN)CO)cc1. The van der Waals surface area contributed by atoms with Crippen LogP contribution in [0.1, 0.15) is 17.0 Å². The van der Waals surface area contributed by atoms with Crippen molar-refractivity contribution in [2.24, 2.45) is 11.1 Å². The Morgan fingerprint density at radius 2 is 1.70 bits per heavy atom. The lowest BCUT2D eigenvalue weighted by Gasteiger charge is -2.12. The maximum Gasteiger partial charge on any atom is 0.182 e. The lowest BCUT2D eigenvalue weighted by molar-refractivity contribution is 0.212. The first kappa shape index (κ1) is 16.2. The molecule has 3 N–H and O–H groups in total. The van der Waals surface area contributed by atoms with Gasteiger partial charge in [-0.1, -0.05) is 48.0 Å². The van der Waals surface area contributed by atoms with E-state index in [0.717, 1.165) is 11.1 Å². The maximum atomic E-state index is 13.0. The topological polar surface area (TPSA) is 80.4 Å². The van der Waals surface area contributed by atoms with Crippen molar-refractivity contribution >= 4 is 9.84 Å². The van der Waals surface area contributed by atoms with Crippen molar-refractivity contribution in [3.63, 3.8) is 0 Å². The second-order valence-corrected chi connectivity index (χ2v) is 8.33. The number of hydrogen-bond donors (Lipinski definition) is 2. The van der Waals surface area contributed by atoms with Gasteiger partial charge in [-0.25, -0.2) is 8.42 Å². The van der Waals surface area contributed by atoms with Gasteiger partial charge in [0.05, 0.1) is 16.8 Å². The Balaban J connectivity index is 2.05. The van der Waals surface area contributed by atoms with Crippen molar-refractivity contribution < 1.29 is 13.5 Å². The third-order valence-corrected chi connectivity index (χ3v) is 7.24. The molecule has 0 unspecified atom stereocenters. The predicted octanol–water partition coefficient (Wildman–Crippen LogP) is 1.87. The van der Waals surface area contributed by atoms with E-state index in [1.165, 1.54) is 0 Å². The monoisotopic (exact) mass is 331 g/mol. The molecule has 0 aromatic heterocycles. The van der Waals surface area contributed by atoms with E-state index in [1.54, 1.807) is 30.3 Å². The Morgan fingerprint density at radius 3 is 2.22 bits per heavy atom. The number of aliphatic hydroxyl groups is 1. The summed E-state index contributed by atoms with van der Waals surface area (Å²) in [6.45, 7) is 1.88. The van der Waals surface area contributed by atoms with E-state index in [2.05, 4.69) is 0 Å². The highest BCUT2D eigenvalue weighted by atomic mass is 32.2. The lowest BCUT2D eigenvalue weighted by atomic mass is 9.99. The second kappa shape index (κ2) is 5.74. The Labute approximate surface area is 136 Å². The van der Waals surface area contributed by atoms with Crippen LogP contribution in [0.4, 0.5) is 0 Å². The Morgan fingerprint density at radius 1 is 1.09 bits per heavy atom. The zero-order chi connectivity index (χ0) is 16.7. The van der Waals surface area contributed by atoms with Gasteiger partial charge in [0.25, 0.3) is 0 Å². The van der Waals surface area contributed by atoms with Crippen molar-refractivity contribution in [3.8, 4) is 0 Å². The summed E-state index contributed by atoms with van der Waals surface area (Å²) < 4.78 is 26.0. The second-order valence-electron chi connectivity index (χ2n) is 6.26. The van der Waals surface area contributed by atoms with Crippen LogP contribution >= 0.6 is 0 Å². The molecule has 3 rings (SSSR count). The molecule has 1 aliphatic rings. The number of aryl methyl sites for hydroxylation is 1. The highest BCUT2D eigenvalue weighted by Crippen LogP contribution is 2.63. The highest BCUT2D eigenvalue weighted by molar-refractivity contribution is 7.92. The highest BCUT2D eigenvalue weighted by Gasteiger charge is 2.70. The first-order chi connectivity index (χ1) is 11.0. The Kier molecular flexibility index (Phi) is 4.04. The fraction of sp³-hybridized carbons (Fsp3) is 0.333. The Bertz CT molecular complexity index is 781. The third kappa shape index (κ3) is 2.49. The molecule has 0 aliphatic heterocycles. The molecule has 5 heteroatoms. The van der Waals surface area contributed by atoms with E-state index in [-0.39, 0.29) is 24.0 Å². The quantitative estimate of drug-likeness (QED) is 0.876. The fourth-order valence-electron chi connectivity index (χ4n) is 3.47. The van der Waals surface area contributed by atoms with E-state index in [0.29, 0.717) is 0 Å². The number of sulfone groups is 1. The number of rotatable bonds is 5. The van der Waals surface area contributed by atoms with Crippen LogP contribution in [0.3, 0.4) is 0 Å². The Hall–Kier alpha value is -1.69. The molecule has 1 fully saturated rings. The van der Waals surface area contributed by atoms with E-state index in [9.17, 15) is 13.5 Å². The van der Waals surface area contributed by atoms with Crippen LogP contribution in [0.2, 0.25) is 0 Å². The van der Waals surface area contributed by atoms with Crippen molar-refractivity contribution in [3.05, 3.63) is 65.7 Å². The molecule has 2 aromatic carbocycles.